The van der Waals surface area contributed by atoms with E-state index in [2.05, 4.69) is 6.92 Å². The summed E-state index contributed by atoms with van der Waals surface area (Å²) < 4.78 is 0. The maximum atomic E-state index is 10.1. The molecule has 1 N–H and O–H groups in total. The van der Waals surface area contributed by atoms with E-state index in [1.54, 1.807) is 0 Å². The highest BCUT2D eigenvalue weighted by atomic mass is 35.5. The van der Waals surface area contributed by atoms with Crippen LogP contribution in [0.4, 0.5) is 0 Å². The molecule has 0 aliphatic heterocycles. The minimum atomic E-state index is -0.409. The molecule has 21 heavy (non-hydrogen) atoms. The van der Waals surface area contributed by atoms with Gasteiger partial charge in [-0.05, 0) is 18.1 Å². The topological polar surface area (TPSA) is 20.2 Å². The molecule has 0 radical (unpaired) electrons. The normalized spacial score (nSPS) is 12.5. The van der Waals surface area contributed by atoms with Gasteiger partial charge < -0.3 is 5.11 Å². The Morgan fingerprint density at radius 3 is 1.95 bits per heavy atom. The van der Waals surface area contributed by atoms with E-state index in [1.165, 1.54) is 57.8 Å². The largest absolute Gasteiger partial charge is 0.388 e. The summed E-state index contributed by atoms with van der Waals surface area (Å²) in [6.45, 7) is 2.26. The fraction of sp³-hybridized carbons (Fsp3) is 0.684. The summed E-state index contributed by atoms with van der Waals surface area (Å²) in [5.74, 6) is 0. The van der Waals surface area contributed by atoms with E-state index in [0.29, 0.717) is 5.02 Å². The summed E-state index contributed by atoms with van der Waals surface area (Å²) in [5, 5.41) is 10.8. The van der Waals surface area contributed by atoms with Crippen molar-refractivity contribution in [2.24, 2.45) is 0 Å². The lowest BCUT2D eigenvalue weighted by Crippen LogP contribution is -1.98. The summed E-state index contributed by atoms with van der Waals surface area (Å²) in [6.07, 6.45) is 13.6. The second kappa shape index (κ2) is 12.1. The van der Waals surface area contributed by atoms with Gasteiger partial charge in [0.1, 0.15) is 0 Å². The first kappa shape index (κ1) is 18.5. The zero-order valence-corrected chi connectivity index (χ0v) is 14.2. The van der Waals surface area contributed by atoms with Gasteiger partial charge in [0.05, 0.1) is 6.10 Å². The summed E-state index contributed by atoms with van der Waals surface area (Å²) >= 11 is 6.09. The molecule has 0 aliphatic rings. The number of rotatable bonds is 12. The fourth-order valence-electron chi connectivity index (χ4n) is 2.73. The highest BCUT2D eigenvalue weighted by molar-refractivity contribution is 6.31. The summed E-state index contributed by atoms with van der Waals surface area (Å²) in [4.78, 5) is 0. The van der Waals surface area contributed by atoms with Crippen molar-refractivity contribution in [3.63, 3.8) is 0 Å². The Bertz CT molecular complexity index is 364. The minimum absolute atomic E-state index is 0.409. The van der Waals surface area contributed by atoms with Gasteiger partial charge in [0, 0.05) is 5.02 Å². The predicted octanol–water partition coefficient (Wildman–Crippen LogP) is 6.68. The van der Waals surface area contributed by atoms with Crippen LogP contribution in [0, 0.1) is 0 Å². The number of aliphatic hydroxyl groups is 1. The molecule has 0 aromatic heterocycles. The summed E-state index contributed by atoms with van der Waals surface area (Å²) in [5.41, 5.74) is 0.870. The van der Waals surface area contributed by atoms with Crippen LogP contribution in [-0.2, 0) is 0 Å². The van der Waals surface area contributed by atoms with Gasteiger partial charge in [0.15, 0.2) is 0 Å². The van der Waals surface area contributed by atoms with Crippen molar-refractivity contribution in [2.45, 2.75) is 83.7 Å². The molecule has 1 unspecified atom stereocenters. The molecule has 0 bridgehead atoms. The second-order valence-electron chi connectivity index (χ2n) is 6.01. The minimum Gasteiger partial charge on any atom is -0.388 e. The highest BCUT2D eigenvalue weighted by Gasteiger charge is 2.10. The molecule has 0 saturated carbocycles. The number of hydrogen-bond acceptors (Lipinski definition) is 1. The van der Waals surface area contributed by atoms with Gasteiger partial charge in [-0.2, -0.15) is 0 Å². The van der Waals surface area contributed by atoms with Crippen molar-refractivity contribution in [1.29, 1.82) is 0 Å². The monoisotopic (exact) mass is 310 g/mol. The van der Waals surface area contributed by atoms with Crippen molar-refractivity contribution in [2.75, 3.05) is 0 Å². The van der Waals surface area contributed by atoms with E-state index in [0.717, 1.165) is 18.4 Å². The summed E-state index contributed by atoms with van der Waals surface area (Å²) in [7, 11) is 0. The van der Waals surface area contributed by atoms with Crippen LogP contribution < -0.4 is 0 Å². The van der Waals surface area contributed by atoms with Crippen LogP contribution in [-0.4, -0.2) is 5.11 Å². The Morgan fingerprint density at radius 2 is 1.38 bits per heavy atom. The molecule has 0 aliphatic carbocycles. The van der Waals surface area contributed by atoms with Gasteiger partial charge in [0.25, 0.3) is 0 Å². The quantitative estimate of drug-likeness (QED) is 0.427. The van der Waals surface area contributed by atoms with Gasteiger partial charge >= 0.3 is 0 Å². The first-order chi connectivity index (χ1) is 10.3. The van der Waals surface area contributed by atoms with E-state index >= 15 is 0 Å². The lowest BCUT2D eigenvalue weighted by Gasteiger charge is -2.12. The van der Waals surface area contributed by atoms with E-state index < -0.39 is 6.10 Å². The molecule has 2 heteroatoms. The Hall–Kier alpha value is -0.530. The van der Waals surface area contributed by atoms with Gasteiger partial charge in [0.2, 0.25) is 0 Å². The number of benzene rings is 1. The Morgan fingerprint density at radius 1 is 0.857 bits per heavy atom. The maximum absolute atomic E-state index is 10.1. The van der Waals surface area contributed by atoms with E-state index in [-0.39, 0.29) is 0 Å². The third kappa shape index (κ3) is 8.48. The fourth-order valence-corrected chi connectivity index (χ4v) is 2.99. The first-order valence-electron chi connectivity index (χ1n) is 8.68. The molecule has 1 aromatic carbocycles. The van der Waals surface area contributed by atoms with E-state index in [9.17, 15) is 5.11 Å². The highest BCUT2D eigenvalue weighted by Crippen LogP contribution is 2.26. The first-order valence-corrected chi connectivity index (χ1v) is 9.06. The zero-order chi connectivity index (χ0) is 15.3. The van der Waals surface area contributed by atoms with Crippen LogP contribution in [0.2, 0.25) is 5.02 Å². The standard InChI is InChI=1S/C19H31ClO/c1-2-3-4-5-6-7-8-9-10-11-16-19(21)17-14-12-13-15-18(17)20/h12-15,19,21H,2-11,16H2,1H3. The third-order valence-corrected chi connectivity index (χ3v) is 4.44. The molecule has 1 atom stereocenters. The van der Waals surface area contributed by atoms with Gasteiger partial charge in [-0.15, -0.1) is 0 Å². The molecule has 0 amide bonds. The molecular weight excluding hydrogens is 280 g/mol. The number of hydrogen-bond donors (Lipinski definition) is 1. The molecule has 120 valence electrons. The SMILES string of the molecule is CCCCCCCCCCCCC(O)c1ccccc1Cl. The maximum Gasteiger partial charge on any atom is 0.0804 e. The number of halogens is 1. The Balaban J connectivity index is 1.98. The van der Waals surface area contributed by atoms with Crippen LogP contribution in [0.25, 0.3) is 0 Å². The van der Waals surface area contributed by atoms with Crippen LogP contribution in [0.3, 0.4) is 0 Å². The van der Waals surface area contributed by atoms with E-state index in [4.69, 9.17) is 11.6 Å². The van der Waals surface area contributed by atoms with Crippen LogP contribution in [0.5, 0.6) is 0 Å². The zero-order valence-electron chi connectivity index (χ0n) is 13.5. The third-order valence-electron chi connectivity index (χ3n) is 4.10. The van der Waals surface area contributed by atoms with Gasteiger partial charge in [-0.25, -0.2) is 0 Å². The molecule has 1 aromatic rings. The second-order valence-corrected chi connectivity index (χ2v) is 6.42. The Labute approximate surface area is 135 Å². The van der Waals surface area contributed by atoms with Gasteiger partial charge in [-0.3, -0.25) is 0 Å². The van der Waals surface area contributed by atoms with Crippen molar-refractivity contribution in [3.8, 4) is 0 Å². The van der Waals surface area contributed by atoms with Crippen molar-refractivity contribution < 1.29 is 5.11 Å². The van der Waals surface area contributed by atoms with Gasteiger partial charge in [-0.1, -0.05) is 101 Å². The molecular formula is C19H31ClO. The van der Waals surface area contributed by atoms with E-state index in [1.807, 2.05) is 24.3 Å². The Kier molecular flexibility index (Phi) is 10.6. The van der Waals surface area contributed by atoms with Crippen molar-refractivity contribution in [3.05, 3.63) is 34.9 Å². The predicted molar refractivity (Wildman–Crippen MR) is 92.9 cm³/mol. The molecule has 1 nitrogen and oxygen atoms in total. The number of unbranched alkanes of at least 4 members (excludes halogenated alkanes) is 9. The average molecular weight is 311 g/mol. The molecule has 1 rings (SSSR count). The van der Waals surface area contributed by atoms with Crippen LogP contribution in [0.1, 0.15) is 89.2 Å². The molecule has 0 fully saturated rings. The molecule has 0 spiro atoms. The lowest BCUT2D eigenvalue weighted by molar-refractivity contribution is 0.163. The summed E-state index contributed by atoms with van der Waals surface area (Å²) in [6, 6.07) is 7.60. The number of aliphatic hydroxyl groups excluding tert-OH is 1. The van der Waals surface area contributed by atoms with Crippen LogP contribution in [0.15, 0.2) is 24.3 Å². The van der Waals surface area contributed by atoms with Crippen molar-refractivity contribution >= 4 is 11.6 Å². The smallest absolute Gasteiger partial charge is 0.0804 e. The molecule has 0 saturated heterocycles. The van der Waals surface area contributed by atoms with Crippen LogP contribution >= 0.6 is 11.6 Å². The van der Waals surface area contributed by atoms with Crippen molar-refractivity contribution in [1.82, 2.24) is 0 Å². The average Bonchev–Trinajstić information content (AvgIpc) is 2.49. The molecule has 0 heterocycles. The lowest BCUT2D eigenvalue weighted by atomic mass is 10.0.